The Morgan fingerprint density at radius 3 is 2.65 bits per heavy atom. The molecule has 190 valence electrons. The monoisotopic (exact) mass is 504 g/mol. The second kappa shape index (κ2) is 10.9. The SMILES string of the molecule is CCOC(=O)c1ccccc1NC(=O)c1oc2c(c1C)/C(=N/NC(=O)c1cccc([N+](=O)[O-])c1)CCC2. The first-order valence-electron chi connectivity index (χ1n) is 11.6. The van der Waals surface area contributed by atoms with Crippen LogP contribution in [-0.4, -0.2) is 35.0 Å². The van der Waals surface area contributed by atoms with Crippen LogP contribution in [0.25, 0.3) is 0 Å². The fourth-order valence-electron chi connectivity index (χ4n) is 4.10. The highest BCUT2D eigenvalue weighted by atomic mass is 16.6. The average Bonchev–Trinajstić information content (AvgIpc) is 3.24. The number of carbonyl (C=O) groups is 3. The molecule has 2 aromatic carbocycles. The van der Waals surface area contributed by atoms with Gasteiger partial charge in [-0.3, -0.25) is 19.7 Å². The lowest BCUT2D eigenvalue weighted by molar-refractivity contribution is -0.384. The summed E-state index contributed by atoms with van der Waals surface area (Å²) in [6.07, 6.45) is 1.81. The number of hydrazone groups is 1. The maximum atomic E-state index is 13.1. The first-order chi connectivity index (χ1) is 17.8. The van der Waals surface area contributed by atoms with Crippen molar-refractivity contribution in [2.45, 2.75) is 33.1 Å². The molecule has 0 bridgehead atoms. The van der Waals surface area contributed by atoms with Crippen molar-refractivity contribution in [2.75, 3.05) is 11.9 Å². The lowest BCUT2D eigenvalue weighted by Gasteiger charge is -2.13. The van der Waals surface area contributed by atoms with Gasteiger partial charge < -0.3 is 14.5 Å². The number of esters is 1. The molecule has 0 saturated heterocycles. The quantitative estimate of drug-likeness (QED) is 0.275. The van der Waals surface area contributed by atoms with Gasteiger partial charge in [0, 0.05) is 35.2 Å². The van der Waals surface area contributed by atoms with Crippen LogP contribution < -0.4 is 10.7 Å². The molecular formula is C26H24N4O7. The lowest BCUT2D eigenvalue weighted by atomic mass is 9.93. The number of nitro groups is 1. The zero-order valence-corrected chi connectivity index (χ0v) is 20.2. The number of nitrogens with zero attached hydrogens (tertiary/aromatic N) is 2. The molecule has 0 unspecified atom stereocenters. The van der Waals surface area contributed by atoms with Gasteiger partial charge in [0.15, 0.2) is 5.76 Å². The molecule has 11 heteroatoms. The Hall–Kier alpha value is -4.80. The second-order valence-corrected chi connectivity index (χ2v) is 8.23. The third-order valence-electron chi connectivity index (χ3n) is 5.81. The van der Waals surface area contributed by atoms with E-state index in [9.17, 15) is 24.5 Å². The molecule has 0 saturated carbocycles. The van der Waals surface area contributed by atoms with Gasteiger partial charge in [0.1, 0.15) is 5.76 Å². The fourth-order valence-corrected chi connectivity index (χ4v) is 4.10. The van der Waals surface area contributed by atoms with Crippen molar-refractivity contribution in [3.63, 3.8) is 0 Å². The highest BCUT2D eigenvalue weighted by Gasteiger charge is 2.29. The van der Waals surface area contributed by atoms with Gasteiger partial charge in [-0.05, 0) is 44.9 Å². The second-order valence-electron chi connectivity index (χ2n) is 8.23. The van der Waals surface area contributed by atoms with Gasteiger partial charge in [-0.1, -0.05) is 18.2 Å². The normalized spacial score (nSPS) is 13.5. The summed E-state index contributed by atoms with van der Waals surface area (Å²) >= 11 is 0. The predicted molar refractivity (Wildman–Crippen MR) is 134 cm³/mol. The molecule has 0 radical (unpaired) electrons. The number of fused-ring (bicyclic) bond motifs is 1. The van der Waals surface area contributed by atoms with E-state index in [1.165, 1.54) is 24.3 Å². The minimum absolute atomic E-state index is 0.0725. The van der Waals surface area contributed by atoms with Crippen LogP contribution in [0.4, 0.5) is 11.4 Å². The van der Waals surface area contributed by atoms with E-state index in [-0.39, 0.29) is 34.9 Å². The summed E-state index contributed by atoms with van der Waals surface area (Å²) in [5.74, 6) is -1.05. The van der Waals surface area contributed by atoms with E-state index >= 15 is 0 Å². The Morgan fingerprint density at radius 1 is 1.11 bits per heavy atom. The molecule has 1 aliphatic carbocycles. The zero-order valence-electron chi connectivity index (χ0n) is 20.2. The number of hydrogen-bond acceptors (Lipinski definition) is 8. The Balaban J connectivity index is 1.57. The third kappa shape index (κ3) is 5.40. The molecule has 0 atom stereocenters. The third-order valence-corrected chi connectivity index (χ3v) is 5.81. The number of carbonyl (C=O) groups excluding carboxylic acids is 3. The van der Waals surface area contributed by atoms with Crippen LogP contribution in [-0.2, 0) is 11.2 Å². The van der Waals surface area contributed by atoms with Gasteiger partial charge in [0.05, 0.1) is 28.5 Å². The van der Waals surface area contributed by atoms with Gasteiger partial charge in [-0.25, -0.2) is 10.2 Å². The summed E-state index contributed by atoms with van der Waals surface area (Å²) in [7, 11) is 0. The molecule has 2 N–H and O–H groups in total. The molecule has 3 aromatic rings. The highest BCUT2D eigenvalue weighted by Crippen LogP contribution is 2.30. The Kier molecular flexibility index (Phi) is 7.42. The van der Waals surface area contributed by atoms with Gasteiger partial charge in [-0.15, -0.1) is 0 Å². The van der Waals surface area contributed by atoms with Crippen LogP contribution in [0.3, 0.4) is 0 Å². The summed E-state index contributed by atoms with van der Waals surface area (Å²) in [6.45, 7) is 3.61. The summed E-state index contributed by atoms with van der Waals surface area (Å²) in [6, 6.07) is 11.8. The van der Waals surface area contributed by atoms with E-state index in [0.717, 1.165) is 0 Å². The topological polar surface area (TPSA) is 153 Å². The number of amides is 2. The summed E-state index contributed by atoms with van der Waals surface area (Å²) < 4.78 is 10.9. The molecular weight excluding hydrogens is 480 g/mol. The lowest BCUT2D eigenvalue weighted by Crippen LogP contribution is -2.22. The van der Waals surface area contributed by atoms with E-state index in [4.69, 9.17) is 9.15 Å². The number of aryl methyl sites for hydroxylation is 1. The first kappa shape index (κ1) is 25.3. The number of anilines is 1. The van der Waals surface area contributed by atoms with E-state index in [0.29, 0.717) is 41.9 Å². The summed E-state index contributed by atoms with van der Waals surface area (Å²) in [5.41, 5.74) is 4.56. The number of non-ortho nitro benzene ring substituents is 1. The van der Waals surface area contributed by atoms with Crippen molar-refractivity contribution in [1.29, 1.82) is 0 Å². The highest BCUT2D eigenvalue weighted by molar-refractivity contribution is 6.11. The number of hydrogen-bond donors (Lipinski definition) is 2. The Morgan fingerprint density at radius 2 is 1.89 bits per heavy atom. The predicted octanol–water partition coefficient (Wildman–Crippen LogP) is 4.40. The molecule has 37 heavy (non-hydrogen) atoms. The van der Waals surface area contributed by atoms with Crippen LogP contribution in [0.1, 0.15) is 67.9 Å². The van der Waals surface area contributed by atoms with Crippen LogP contribution in [0, 0.1) is 17.0 Å². The number of benzene rings is 2. The van der Waals surface area contributed by atoms with Crippen molar-refractivity contribution in [2.24, 2.45) is 5.10 Å². The maximum Gasteiger partial charge on any atom is 0.340 e. The van der Waals surface area contributed by atoms with Gasteiger partial charge in [0.2, 0.25) is 0 Å². The fraction of sp³-hybridized carbons (Fsp3) is 0.231. The number of ether oxygens (including phenoxy) is 1. The zero-order chi connectivity index (χ0) is 26.5. The maximum absolute atomic E-state index is 13.1. The molecule has 0 aliphatic heterocycles. The van der Waals surface area contributed by atoms with E-state index in [2.05, 4.69) is 15.8 Å². The smallest absolute Gasteiger partial charge is 0.340 e. The Bertz CT molecular complexity index is 1420. The number of furan rings is 1. The van der Waals surface area contributed by atoms with E-state index < -0.39 is 22.7 Å². The molecule has 2 amide bonds. The number of rotatable bonds is 7. The minimum atomic E-state index is -0.599. The van der Waals surface area contributed by atoms with Gasteiger partial charge >= 0.3 is 5.97 Å². The minimum Gasteiger partial charge on any atom is -0.462 e. The molecule has 0 spiro atoms. The van der Waals surface area contributed by atoms with E-state index in [1.54, 1.807) is 38.1 Å². The van der Waals surface area contributed by atoms with Crippen molar-refractivity contribution < 1.29 is 28.5 Å². The summed E-state index contributed by atoms with van der Waals surface area (Å²) in [4.78, 5) is 48.3. The molecule has 1 heterocycles. The Labute approximate surface area is 211 Å². The van der Waals surface area contributed by atoms with Crippen molar-refractivity contribution in [1.82, 2.24) is 5.43 Å². The first-order valence-corrected chi connectivity index (χ1v) is 11.6. The van der Waals surface area contributed by atoms with Crippen LogP contribution in [0.2, 0.25) is 0 Å². The molecule has 11 nitrogen and oxygen atoms in total. The van der Waals surface area contributed by atoms with Crippen molar-refractivity contribution in [3.8, 4) is 0 Å². The van der Waals surface area contributed by atoms with Crippen molar-refractivity contribution >= 4 is 34.9 Å². The number of para-hydroxylation sites is 1. The molecule has 4 rings (SSSR count). The van der Waals surface area contributed by atoms with E-state index in [1.807, 2.05) is 0 Å². The van der Waals surface area contributed by atoms with Gasteiger partial charge in [-0.2, -0.15) is 5.10 Å². The van der Waals surface area contributed by atoms with Crippen molar-refractivity contribution in [3.05, 3.63) is 92.4 Å². The van der Waals surface area contributed by atoms with Crippen LogP contribution in [0.5, 0.6) is 0 Å². The van der Waals surface area contributed by atoms with Crippen LogP contribution in [0.15, 0.2) is 58.0 Å². The number of nitrogens with one attached hydrogen (secondary N) is 2. The standard InChI is InChI=1S/C26H24N4O7/c1-3-36-26(33)18-10-4-5-11-19(18)27-25(32)23-15(2)22-20(12-7-13-21(22)37-23)28-29-24(31)16-8-6-9-17(14-16)30(34)35/h4-6,8-11,14H,3,7,12-13H2,1-2H3,(H,27,32)(H,29,31)/b28-20+. The molecule has 1 aromatic heterocycles. The summed E-state index contributed by atoms with van der Waals surface area (Å²) in [5, 5.41) is 18.0. The molecule has 1 aliphatic rings. The van der Waals surface area contributed by atoms with Crippen LogP contribution >= 0.6 is 0 Å². The number of nitro benzene ring substituents is 1. The largest absolute Gasteiger partial charge is 0.462 e. The van der Waals surface area contributed by atoms with Gasteiger partial charge in [0.25, 0.3) is 17.5 Å². The average molecular weight is 504 g/mol. The molecule has 0 fully saturated rings.